The largest absolute Gasteiger partial charge is 0.311 e. The highest BCUT2D eigenvalue weighted by molar-refractivity contribution is 9.10. The van der Waals surface area contributed by atoms with Gasteiger partial charge in [-0.1, -0.05) is 59.7 Å². The third-order valence-electron chi connectivity index (χ3n) is 4.57. The number of para-hydroxylation sites is 1. The highest BCUT2D eigenvalue weighted by Crippen LogP contribution is 2.23. The van der Waals surface area contributed by atoms with E-state index in [0.29, 0.717) is 29.1 Å². The quantitative estimate of drug-likeness (QED) is 0.327. The first kappa shape index (κ1) is 23.0. The van der Waals surface area contributed by atoms with Crippen molar-refractivity contribution in [2.24, 2.45) is 5.92 Å². The lowest BCUT2D eigenvalue weighted by Crippen LogP contribution is -2.33. The van der Waals surface area contributed by atoms with Crippen LogP contribution in [-0.2, 0) is 11.3 Å². The Morgan fingerprint density at radius 3 is 2.68 bits per heavy atom. The second-order valence-corrected chi connectivity index (χ2v) is 9.30. The second-order valence-electron chi connectivity index (χ2n) is 7.44. The minimum atomic E-state index is -0.132. The van der Waals surface area contributed by atoms with Crippen LogP contribution in [0.1, 0.15) is 20.3 Å². The molecule has 1 amide bonds. The van der Waals surface area contributed by atoms with E-state index < -0.39 is 0 Å². The van der Waals surface area contributed by atoms with Gasteiger partial charge in [0.05, 0.1) is 29.1 Å². The van der Waals surface area contributed by atoms with Gasteiger partial charge in [0.25, 0.3) is 5.56 Å². The summed E-state index contributed by atoms with van der Waals surface area (Å²) in [6.45, 7) is 4.91. The molecule has 2 aromatic carbocycles. The fourth-order valence-electron chi connectivity index (χ4n) is 3.18. The summed E-state index contributed by atoms with van der Waals surface area (Å²) < 4.78 is 2.47. The van der Waals surface area contributed by atoms with Gasteiger partial charge in [0.1, 0.15) is 0 Å². The number of carbonyl (C=O) groups excluding carboxylic acids is 1. The molecule has 0 atom stereocenters. The van der Waals surface area contributed by atoms with E-state index in [1.165, 1.54) is 11.8 Å². The fraction of sp³-hybridized carbons (Fsp3) is 0.304. The van der Waals surface area contributed by atoms with E-state index in [1.807, 2.05) is 50.2 Å². The molecule has 0 N–H and O–H groups in total. The molecule has 0 bridgehead atoms. The van der Waals surface area contributed by atoms with E-state index in [9.17, 15) is 9.59 Å². The molecule has 0 spiro atoms. The van der Waals surface area contributed by atoms with E-state index >= 15 is 0 Å². The number of nitrogens with zero attached hydrogens (tertiary/aromatic N) is 4. The molecule has 0 unspecified atom stereocenters. The van der Waals surface area contributed by atoms with Crippen LogP contribution in [0.3, 0.4) is 0 Å². The summed E-state index contributed by atoms with van der Waals surface area (Å²) in [5, 5.41) is 10.0. The molecule has 0 aliphatic rings. The van der Waals surface area contributed by atoms with Crippen molar-refractivity contribution in [3.8, 4) is 6.07 Å². The summed E-state index contributed by atoms with van der Waals surface area (Å²) in [5.41, 5.74) is 1.24. The van der Waals surface area contributed by atoms with Crippen molar-refractivity contribution in [1.29, 1.82) is 5.26 Å². The number of nitriles is 1. The van der Waals surface area contributed by atoms with Gasteiger partial charge in [0.15, 0.2) is 5.16 Å². The molecule has 1 aromatic heterocycles. The topological polar surface area (TPSA) is 79.0 Å². The van der Waals surface area contributed by atoms with Gasteiger partial charge < -0.3 is 4.90 Å². The van der Waals surface area contributed by atoms with Crippen molar-refractivity contribution < 1.29 is 4.79 Å². The lowest BCUT2D eigenvalue weighted by molar-refractivity contribution is -0.116. The molecule has 6 nitrogen and oxygen atoms in total. The number of benzene rings is 2. The van der Waals surface area contributed by atoms with Crippen LogP contribution in [0, 0.1) is 17.2 Å². The minimum Gasteiger partial charge on any atom is -0.311 e. The predicted molar refractivity (Wildman–Crippen MR) is 128 cm³/mol. The van der Waals surface area contributed by atoms with E-state index in [-0.39, 0.29) is 29.6 Å². The van der Waals surface area contributed by atoms with Crippen molar-refractivity contribution in [2.75, 3.05) is 17.2 Å². The van der Waals surface area contributed by atoms with E-state index in [1.54, 1.807) is 21.6 Å². The summed E-state index contributed by atoms with van der Waals surface area (Å²) in [5.74, 6) is 0.232. The molecule has 160 valence electrons. The maximum Gasteiger partial charge on any atom is 0.262 e. The summed E-state index contributed by atoms with van der Waals surface area (Å²) in [6, 6.07) is 16.8. The summed E-state index contributed by atoms with van der Waals surface area (Å²) in [6.07, 6.45) is 0.243. The smallest absolute Gasteiger partial charge is 0.262 e. The molecule has 1 heterocycles. The zero-order chi connectivity index (χ0) is 22.4. The average Bonchev–Trinajstić information content (AvgIpc) is 2.75. The van der Waals surface area contributed by atoms with Gasteiger partial charge in [-0.3, -0.25) is 14.2 Å². The molecule has 0 radical (unpaired) electrons. The first-order valence-corrected chi connectivity index (χ1v) is 11.7. The van der Waals surface area contributed by atoms with Crippen molar-refractivity contribution in [1.82, 2.24) is 9.55 Å². The van der Waals surface area contributed by atoms with Crippen LogP contribution in [0.5, 0.6) is 0 Å². The number of rotatable bonds is 8. The zero-order valence-corrected chi connectivity index (χ0v) is 19.8. The lowest BCUT2D eigenvalue weighted by Gasteiger charge is -2.22. The molecule has 3 aromatic rings. The standard InChI is InChI=1S/C23H23BrN4O2S/c1-16(2)14-28-22(30)19-13-17(24)9-10-20(19)26-23(28)31-15-21(29)27(12-6-11-25)18-7-4-3-5-8-18/h3-5,7-10,13,16H,6,12,14-15H2,1-2H3. The van der Waals surface area contributed by atoms with Crippen LogP contribution >= 0.6 is 27.7 Å². The van der Waals surface area contributed by atoms with Gasteiger partial charge >= 0.3 is 0 Å². The van der Waals surface area contributed by atoms with E-state index in [2.05, 4.69) is 27.0 Å². The Balaban J connectivity index is 1.91. The fourth-order valence-corrected chi connectivity index (χ4v) is 4.43. The SMILES string of the molecule is CC(C)Cn1c(SCC(=O)N(CCC#N)c2ccccc2)nc2ccc(Br)cc2c1=O. The zero-order valence-electron chi connectivity index (χ0n) is 17.4. The number of thioether (sulfide) groups is 1. The average molecular weight is 499 g/mol. The highest BCUT2D eigenvalue weighted by Gasteiger charge is 2.19. The van der Waals surface area contributed by atoms with Gasteiger partial charge in [-0.25, -0.2) is 4.98 Å². The third-order valence-corrected chi connectivity index (χ3v) is 6.02. The van der Waals surface area contributed by atoms with Gasteiger partial charge in [-0.05, 0) is 36.2 Å². The van der Waals surface area contributed by atoms with Crippen molar-refractivity contribution >= 4 is 50.2 Å². The van der Waals surface area contributed by atoms with Gasteiger partial charge in [-0.15, -0.1) is 0 Å². The number of carbonyl (C=O) groups is 1. The Labute approximate surface area is 194 Å². The number of anilines is 1. The van der Waals surface area contributed by atoms with Gasteiger partial charge in [-0.2, -0.15) is 5.26 Å². The molecule has 0 aliphatic heterocycles. The number of hydrogen-bond acceptors (Lipinski definition) is 5. The summed E-state index contributed by atoms with van der Waals surface area (Å²) in [7, 11) is 0. The van der Waals surface area contributed by atoms with Crippen LogP contribution < -0.4 is 10.5 Å². The maximum atomic E-state index is 13.1. The molecule has 31 heavy (non-hydrogen) atoms. The van der Waals surface area contributed by atoms with Crippen LogP contribution in [0.15, 0.2) is 63.0 Å². The number of fused-ring (bicyclic) bond motifs is 1. The van der Waals surface area contributed by atoms with Crippen LogP contribution in [0.4, 0.5) is 5.69 Å². The van der Waals surface area contributed by atoms with E-state index in [0.717, 1.165) is 10.2 Å². The van der Waals surface area contributed by atoms with Crippen LogP contribution in [0.2, 0.25) is 0 Å². The number of halogens is 1. The Morgan fingerprint density at radius 2 is 2.00 bits per heavy atom. The van der Waals surface area contributed by atoms with Crippen molar-refractivity contribution in [2.45, 2.75) is 32.0 Å². The minimum absolute atomic E-state index is 0.112. The van der Waals surface area contributed by atoms with E-state index in [4.69, 9.17) is 5.26 Å². The maximum absolute atomic E-state index is 13.1. The Bertz CT molecular complexity index is 1170. The first-order valence-electron chi connectivity index (χ1n) is 9.96. The van der Waals surface area contributed by atoms with Gasteiger partial charge in [0.2, 0.25) is 5.91 Å². The molecule has 0 saturated heterocycles. The highest BCUT2D eigenvalue weighted by atomic mass is 79.9. The Kier molecular flexibility index (Phi) is 7.88. The molecule has 0 fully saturated rings. The summed E-state index contributed by atoms with van der Waals surface area (Å²) >= 11 is 4.67. The molecule has 0 aliphatic carbocycles. The Morgan fingerprint density at radius 1 is 1.26 bits per heavy atom. The molecular weight excluding hydrogens is 476 g/mol. The van der Waals surface area contributed by atoms with Crippen molar-refractivity contribution in [3.63, 3.8) is 0 Å². The molecule has 0 saturated carbocycles. The molecule has 3 rings (SSSR count). The number of hydrogen-bond donors (Lipinski definition) is 0. The van der Waals surface area contributed by atoms with Crippen LogP contribution in [-0.4, -0.2) is 27.8 Å². The number of aromatic nitrogens is 2. The number of amides is 1. The van der Waals surface area contributed by atoms with Crippen LogP contribution in [0.25, 0.3) is 10.9 Å². The third kappa shape index (κ3) is 5.75. The second kappa shape index (κ2) is 10.6. The molecule has 8 heteroatoms. The summed E-state index contributed by atoms with van der Waals surface area (Å²) in [4.78, 5) is 32.4. The first-order chi connectivity index (χ1) is 14.9. The Hall–Kier alpha value is -2.63. The molecular formula is C23H23BrN4O2S. The van der Waals surface area contributed by atoms with Gasteiger partial charge in [0, 0.05) is 23.2 Å². The predicted octanol–water partition coefficient (Wildman–Crippen LogP) is 4.85. The normalized spacial score (nSPS) is 10.9. The van der Waals surface area contributed by atoms with Crippen molar-refractivity contribution in [3.05, 3.63) is 63.4 Å². The monoisotopic (exact) mass is 498 g/mol. The lowest BCUT2D eigenvalue weighted by atomic mass is 10.2.